The molecule has 0 aliphatic carbocycles. The third-order valence-corrected chi connectivity index (χ3v) is 3.44. The predicted octanol–water partition coefficient (Wildman–Crippen LogP) is 4.05. The molecule has 24 heavy (non-hydrogen) atoms. The maximum Gasteiger partial charge on any atom is 0.416 e. The third kappa shape index (κ3) is 3.94. The molecule has 0 atom stereocenters. The summed E-state index contributed by atoms with van der Waals surface area (Å²) in [6.45, 7) is 4.34. The van der Waals surface area contributed by atoms with E-state index in [-0.39, 0.29) is 12.5 Å². The molecule has 130 valence electrons. The molecule has 1 heterocycles. The highest BCUT2D eigenvalue weighted by Gasteiger charge is 2.30. The van der Waals surface area contributed by atoms with E-state index in [9.17, 15) is 18.0 Å². The van der Waals surface area contributed by atoms with Gasteiger partial charge in [0.15, 0.2) is 5.60 Å². The van der Waals surface area contributed by atoms with Crippen molar-refractivity contribution >= 4 is 5.97 Å². The first-order valence-corrected chi connectivity index (χ1v) is 7.02. The summed E-state index contributed by atoms with van der Waals surface area (Å²) in [7, 11) is 0. The first-order chi connectivity index (χ1) is 11.0. The molecule has 1 N–H and O–H groups in total. The number of aromatic nitrogens is 1. The van der Waals surface area contributed by atoms with E-state index >= 15 is 0 Å². The van der Waals surface area contributed by atoms with Gasteiger partial charge in [-0.25, -0.2) is 9.78 Å². The van der Waals surface area contributed by atoms with Gasteiger partial charge in [-0.3, -0.25) is 0 Å². The van der Waals surface area contributed by atoms with Crippen LogP contribution in [0.2, 0.25) is 0 Å². The lowest BCUT2D eigenvalue weighted by molar-refractivity contribution is -0.162. The zero-order valence-corrected chi connectivity index (χ0v) is 13.3. The summed E-state index contributed by atoms with van der Waals surface area (Å²) in [6, 6.07) is 4.41. The average Bonchev–Trinajstić information content (AvgIpc) is 2.85. The molecule has 2 aromatic rings. The fraction of sp³-hybridized carbons (Fsp3) is 0.375. The molecule has 2 rings (SSSR count). The molecule has 0 saturated carbocycles. The van der Waals surface area contributed by atoms with Gasteiger partial charge in [0.05, 0.1) is 12.2 Å². The van der Waals surface area contributed by atoms with Crippen LogP contribution in [-0.2, 0) is 22.3 Å². The highest BCUT2D eigenvalue weighted by Crippen LogP contribution is 2.31. The highest BCUT2D eigenvalue weighted by molar-refractivity contribution is 5.76. The van der Waals surface area contributed by atoms with Gasteiger partial charge in [-0.1, -0.05) is 0 Å². The lowest BCUT2D eigenvalue weighted by atomic mass is 10.1. The standard InChI is InChI=1S/C16H16F3NO4/c1-9-12(8-23-15(2,3)14(21)22)20-13(24-9)10-4-6-11(7-5-10)16(17,18)19/h4-7H,8H2,1-3H3,(H,21,22). The van der Waals surface area contributed by atoms with Gasteiger partial charge in [-0.15, -0.1) is 0 Å². The maximum absolute atomic E-state index is 12.6. The fourth-order valence-corrected chi connectivity index (χ4v) is 1.80. The van der Waals surface area contributed by atoms with Crippen LogP contribution in [0.3, 0.4) is 0 Å². The normalized spacial score (nSPS) is 12.4. The summed E-state index contributed by atoms with van der Waals surface area (Å²) in [5, 5.41) is 9.00. The van der Waals surface area contributed by atoms with Gasteiger partial charge < -0.3 is 14.3 Å². The number of benzene rings is 1. The maximum atomic E-state index is 12.6. The molecule has 0 spiro atoms. The van der Waals surface area contributed by atoms with Crippen LogP contribution >= 0.6 is 0 Å². The highest BCUT2D eigenvalue weighted by atomic mass is 19.4. The van der Waals surface area contributed by atoms with Gasteiger partial charge in [0.25, 0.3) is 0 Å². The molecule has 0 saturated heterocycles. The summed E-state index contributed by atoms with van der Waals surface area (Å²) >= 11 is 0. The molecule has 1 aromatic heterocycles. The Bertz CT molecular complexity index is 733. The van der Waals surface area contributed by atoms with Crippen LogP contribution in [0.15, 0.2) is 28.7 Å². The number of aliphatic carboxylic acids is 1. The second-order valence-corrected chi connectivity index (χ2v) is 5.70. The Balaban J connectivity index is 2.18. The zero-order chi connectivity index (χ0) is 18.1. The van der Waals surface area contributed by atoms with Crippen molar-refractivity contribution in [2.45, 2.75) is 39.2 Å². The Morgan fingerprint density at radius 1 is 1.25 bits per heavy atom. The average molecular weight is 343 g/mol. The van der Waals surface area contributed by atoms with Crippen LogP contribution in [0, 0.1) is 6.92 Å². The molecule has 0 radical (unpaired) electrons. The van der Waals surface area contributed by atoms with E-state index in [2.05, 4.69) is 4.98 Å². The van der Waals surface area contributed by atoms with E-state index < -0.39 is 23.3 Å². The van der Waals surface area contributed by atoms with Crippen molar-refractivity contribution in [2.24, 2.45) is 0 Å². The largest absolute Gasteiger partial charge is 0.479 e. The minimum absolute atomic E-state index is 0.0880. The first kappa shape index (κ1) is 18.0. The van der Waals surface area contributed by atoms with Crippen molar-refractivity contribution in [1.82, 2.24) is 4.98 Å². The topological polar surface area (TPSA) is 72.6 Å². The fourth-order valence-electron chi connectivity index (χ4n) is 1.80. The van der Waals surface area contributed by atoms with Crippen LogP contribution in [0.4, 0.5) is 13.2 Å². The number of ether oxygens (including phenoxy) is 1. The third-order valence-electron chi connectivity index (χ3n) is 3.44. The number of halogens is 3. The second kappa shape index (κ2) is 6.27. The molecule has 0 amide bonds. The molecule has 0 aliphatic heterocycles. The number of rotatable bonds is 5. The summed E-state index contributed by atoms with van der Waals surface area (Å²) in [5.74, 6) is -0.564. The van der Waals surface area contributed by atoms with Crippen LogP contribution < -0.4 is 0 Å². The second-order valence-electron chi connectivity index (χ2n) is 5.70. The molecule has 0 bridgehead atoms. The first-order valence-electron chi connectivity index (χ1n) is 7.02. The van der Waals surface area contributed by atoms with Gasteiger partial charge in [-0.05, 0) is 45.0 Å². The summed E-state index contributed by atoms with van der Waals surface area (Å²) in [4.78, 5) is 15.2. The smallest absolute Gasteiger partial charge is 0.416 e. The van der Waals surface area contributed by atoms with Crippen molar-refractivity contribution in [3.8, 4) is 11.5 Å². The minimum atomic E-state index is -4.41. The number of carbonyl (C=O) groups is 1. The molecule has 0 aliphatic rings. The molecular formula is C16H16F3NO4. The van der Waals surface area contributed by atoms with Crippen LogP contribution in [0.1, 0.15) is 30.9 Å². The molecule has 0 unspecified atom stereocenters. The minimum Gasteiger partial charge on any atom is -0.479 e. The van der Waals surface area contributed by atoms with Gasteiger partial charge >= 0.3 is 12.1 Å². The van der Waals surface area contributed by atoms with Gasteiger partial charge in [0.2, 0.25) is 5.89 Å². The van der Waals surface area contributed by atoms with Gasteiger partial charge in [0, 0.05) is 5.56 Å². The summed E-state index contributed by atoms with van der Waals surface area (Å²) in [5.41, 5.74) is -1.38. The number of alkyl halides is 3. The number of carboxylic acids is 1. The molecular weight excluding hydrogens is 327 g/mol. The van der Waals surface area contributed by atoms with E-state index in [1.807, 2.05) is 0 Å². The van der Waals surface area contributed by atoms with E-state index in [0.29, 0.717) is 17.0 Å². The Kier molecular flexibility index (Phi) is 4.70. The Labute approximate surface area is 136 Å². The van der Waals surface area contributed by atoms with Crippen LogP contribution in [0.25, 0.3) is 11.5 Å². The summed E-state index contributed by atoms with van der Waals surface area (Å²) < 4.78 is 48.4. The molecule has 8 heteroatoms. The van der Waals surface area contributed by atoms with Crippen molar-refractivity contribution in [3.63, 3.8) is 0 Å². The monoisotopic (exact) mass is 343 g/mol. The quantitative estimate of drug-likeness (QED) is 0.887. The van der Waals surface area contributed by atoms with E-state index in [4.69, 9.17) is 14.3 Å². The van der Waals surface area contributed by atoms with Crippen molar-refractivity contribution in [3.05, 3.63) is 41.3 Å². The van der Waals surface area contributed by atoms with Gasteiger partial charge in [0.1, 0.15) is 11.5 Å². The number of nitrogens with zero attached hydrogens (tertiary/aromatic N) is 1. The Morgan fingerprint density at radius 2 is 1.83 bits per heavy atom. The predicted molar refractivity (Wildman–Crippen MR) is 78.2 cm³/mol. The summed E-state index contributed by atoms with van der Waals surface area (Å²) in [6.07, 6.45) is -4.41. The number of carboxylic acid groups (broad SMARTS) is 1. The lowest BCUT2D eigenvalue weighted by Crippen LogP contribution is -2.34. The molecule has 1 aromatic carbocycles. The number of aryl methyl sites for hydroxylation is 1. The SMILES string of the molecule is Cc1oc(-c2ccc(C(F)(F)F)cc2)nc1COC(C)(C)C(=O)O. The van der Waals surface area contributed by atoms with E-state index in [1.54, 1.807) is 6.92 Å². The zero-order valence-electron chi connectivity index (χ0n) is 13.3. The van der Waals surface area contributed by atoms with Crippen molar-refractivity contribution in [1.29, 1.82) is 0 Å². The van der Waals surface area contributed by atoms with E-state index in [1.165, 1.54) is 26.0 Å². The van der Waals surface area contributed by atoms with E-state index in [0.717, 1.165) is 12.1 Å². The molecule has 5 nitrogen and oxygen atoms in total. The number of oxazole rings is 1. The van der Waals surface area contributed by atoms with Crippen molar-refractivity contribution in [2.75, 3.05) is 0 Å². The van der Waals surface area contributed by atoms with Crippen LogP contribution in [0.5, 0.6) is 0 Å². The Hall–Kier alpha value is -2.35. The Morgan fingerprint density at radius 3 is 2.33 bits per heavy atom. The lowest BCUT2D eigenvalue weighted by Gasteiger charge is -2.19. The number of hydrogen-bond acceptors (Lipinski definition) is 4. The van der Waals surface area contributed by atoms with Crippen LogP contribution in [-0.4, -0.2) is 21.7 Å². The van der Waals surface area contributed by atoms with Gasteiger partial charge in [-0.2, -0.15) is 13.2 Å². The number of hydrogen-bond donors (Lipinski definition) is 1. The van der Waals surface area contributed by atoms with Crippen molar-refractivity contribution < 1.29 is 32.2 Å². The molecule has 0 fully saturated rings.